The summed E-state index contributed by atoms with van der Waals surface area (Å²) in [4.78, 5) is 61.7. The second kappa shape index (κ2) is 35.8. The predicted molar refractivity (Wildman–Crippen MR) is 540 cm³/mol. The Bertz CT molecular complexity index is 6740. The Morgan fingerprint density at radius 3 is 1.08 bits per heavy atom. The van der Waals surface area contributed by atoms with Gasteiger partial charge >= 0.3 is 0 Å². The summed E-state index contributed by atoms with van der Waals surface area (Å²) in [6, 6.07) is 41.4. The van der Waals surface area contributed by atoms with Crippen LogP contribution in [-0.4, -0.2) is 94.6 Å². The molecule has 1 N–H and O–H groups in total. The number of allylic oxidation sites excluding steroid dienone is 16. The van der Waals surface area contributed by atoms with Crippen LogP contribution in [0.25, 0.3) is 33.6 Å². The van der Waals surface area contributed by atoms with Crippen LogP contribution in [-0.2, 0) is 33.4 Å². The molecule has 3 spiro atoms. The van der Waals surface area contributed by atoms with Crippen molar-refractivity contribution in [2.24, 2.45) is 69.0 Å². The highest BCUT2D eigenvalue weighted by atomic mass is 19.3. The fourth-order valence-corrected chi connectivity index (χ4v) is 34.0. The number of nitrogens with zero attached hydrogens (tertiary/aromatic N) is 5. The molecular formula is C124H131F4N5O9. The lowest BCUT2D eigenvalue weighted by Crippen LogP contribution is -2.52. The van der Waals surface area contributed by atoms with E-state index in [1.54, 1.807) is 36.1 Å². The molecule has 14 nitrogen and oxygen atoms in total. The number of pyridine rings is 1. The van der Waals surface area contributed by atoms with Gasteiger partial charge in [-0.15, -0.1) is 0 Å². The zero-order valence-corrected chi connectivity index (χ0v) is 82.7. The molecule has 4 aromatic carbocycles. The summed E-state index contributed by atoms with van der Waals surface area (Å²) >= 11 is 0. The largest absolute Gasteiger partial charge is 0.472 e. The number of furan rings is 1. The number of carbonyl (C=O) groups is 4. The maximum Gasteiger partial charge on any atom is 0.272 e. The molecule has 11 fully saturated rings. The van der Waals surface area contributed by atoms with E-state index in [1.165, 1.54) is 90.0 Å². The zero-order valence-electron chi connectivity index (χ0n) is 82.7. The predicted octanol–water partition coefficient (Wildman–Crippen LogP) is 28.1. The quantitative estimate of drug-likeness (QED) is 0.113. The molecule has 8 aromatic rings. The Hall–Kier alpha value is -10.9. The van der Waals surface area contributed by atoms with Crippen molar-refractivity contribution in [1.82, 2.24) is 24.1 Å². The number of rotatable bonds is 8. The van der Waals surface area contributed by atoms with E-state index in [4.69, 9.17) is 18.6 Å². The van der Waals surface area contributed by atoms with Gasteiger partial charge in [-0.2, -0.15) is 17.6 Å². The van der Waals surface area contributed by atoms with E-state index >= 15 is 0 Å². The van der Waals surface area contributed by atoms with Crippen molar-refractivity contribution in [1.29, 1.82) is 0 Å². The van der Waals surface area contributed by atoms with E-state index in [-0.39, 0.29) is 67.6 Å². The van der Waals surface area contributed by atoms with E-state index in [2.05, 4.69) is 164 Å². The molecule has 16 aliphatic carbocycles. The van der Waals surface area contributed by atoms with Crippen LogP contribution in [0.1, 0.15) is 280 Å². The number of benzene rings is 4. The van der Waals surface area contributed by atoms with E-state index in [0.717, 1.165) is 181 Å². The number of ketones is 4. The fraction of sp³-hybridized carbons (Fsp3) is 0.476. The molecule has 0 bridgehead atoms. The Kier molecular flexibility index (Phi) is 23.6. The maximum absolute atomic E-state index is 14.3. The van der Waals surface area contributed by atoms with Gasteiger partial charge in [-0.3, -0.25) is 24.2 Å². The van der Waals surface area contributed by atoms with Crippen molar-refractivity contribution < 1.29 is 60.5 Å². The summed E-state index contributed by atoms with van der Waals surface area (Å²) in [7, 11) is 0. The van der Waals surface area contributed by atoms with Gasteiger partial charge in [0, 0.05) is 149 Å². The summed E-state index contributed by atoms with van der Waals surface area (Å²) in [5.74, 6) is 5.49. The minimum Gasteiger partial charge on any atom is -0.472 e. The molecule has 734 valence electrons. The molecule has 0 amide bonds. The summed E-state index contributed by atoms with van der Waals surface area (Å²) in [5, 5.41) is 11.5. The molecule has 4 aromatic heterocycles. The average Bonchev–Trinajstić information content (AvgIpc) is 1.52. The van der Waals surface area contributed by atoms with Gasteiger partial charge in [-0.25, -0.2) is 9.97 Å². The van der Waals surface area contributed by atoms with Crippen LogP contribution >= 0.6 is 0 Å². The topological polar surface area (TPSA) is 178 Å². The van der Waals surface area contributed by atoms with Gasteiger partial charge in [-0.1, -0.05) is 135 Å². The Labute approximate surface area is 831 Å². The second-order valence-electron chi connectivity index (χ2n) is 46.4. The molecule has 20 atom stereocenters. The number of aromatic nitrogens is 5. The Balaban J connectivity index is 0.000000102. The summed E-state index contributed by atoms with van der Waals surface area (Å²) < 4.78 is 86.0. The number of fused-ring (bicyclic) bond motifs is 19. The van der Waals surface area contributed by atoms with Crippen molar-refractivity contribution in [2.75, 3.05) is 19.8 Å². The average molecular weight is 1910 g/mol. The first-order valence-electron chi connectivity index (χ1n) is 53.3. The van der Waals surface area contributed by atoms with Crippen molar-refractivity contribution in [3.05, 3.63) is 327 Å². The highest BCUT2D eigenvalue weighted by molar-refractivity contribution is 5.95. The Morgan fingerprint density at radius 1 is 0.373 bits per heavy atom. The SMILES string of the molecule is C=C1CCOC12CCC1C3CCC4=CC(=O)CCC4=C3[C@@H](c3ccc(-n4ccnc4)cc3)C[C@@]12C.C[C@]1(O)CCC2C3CCC4=CC(=O)CCC4=C3[C@@H](c3ccc(-n4ccnc4)cc3)C[C@@]21C.C[C@]12C[C@H](c3ccc(-c4cccnc4)cc3)C3=C4CCC(=O)C=C4CCC3C1CCC21OCCC1=C(F)F.C[C@]12C[C@H](c3ccc(-c4ccoc4)cc3)C3=C4CCC(=O)C=C4CCC3C1CCC21OCCC1=C(F)F. The number of hydrogen-bond acceptors (Lipinski definition) is 12. The van der Waals surface area contributed by atoms with Crippen molar-refractivity contribution in [3.63, 3.8) is 0 Å². The number of ether oxygens (including phenoxy) is 3. The van der Waals surface area contributed by atoms with Crippen LogP contribution in [0, 0.1) is 69.0 Å². The van der Waals surface area contributed by atoms with Gasteiger partial charge in [0.15, 0.2) is 23.1 Å². The molecule has 7 heterocycles. The van der Waals surface area contributed by atoms with Crippen LogP contribution in [0.2, 0.25) is 0 Å². The number of halogens is 4. The van der Waals surface area contributed by atoms with Crippen molar-refractivity contribution >= 4 is 23.1 Å². The summed E-state index contributed by atoms with van der Waals surface area (Å²) in [6.45, 7) is 17.5. The lowest BCUT2D eigenvalue weighted by Gasteiger charge is -2.55. The minimum absolute atomic E-state index is 0.0822. The van der Waals surface area contributed by atoms with Crippen LogP contribution in [0.15, 0.2) is 309 Å². The Morgan fingerprint density at radius 2 is 0.725 bits per heavy atom. The third-order valence-electron chi connectivity index (χ3n) is 40.7. The molecule has 8 saturated carbocycles. The monoisotopic (exact) mass is 1910 g/mol. The molecule has 3 saturated heterocycles. The molecule has 0 radical (unpaired) electrons. The standard InChI is InChI=1S/C33H33F2NO2.C32H32F2O3.C31H34N2O2.C28H32N2O2/c1-32-18-27(21-6-4-20(5-7-21)23-3-2-15-36-19-23)30-25-11-9-24(37)17-22(25)8-10-26(30)28(32)12-14-33(32)29(31(34)35)13-16-38-33;1-31-17-26(20-4-2-19(3-5-20)22-11-14-36-18-22)29-24-9-7-23(35)16-21(24)6-8-25(29)27(31)10-13-32(31)28(30(33)34)12-15-37-32;1-20-12-16-35-31(20)13-11-28-26-9-5-22-17-24(34)8-10-25(22)29(26)27(18-30(28,31)2)21-3-6-23(7-4-21)33-15-14-32-19-33;1-27-16-24(18-3-6-20(7-4-18)30-14-13-29-17-30)26-22-10-8-21(31)15-19(22)5-9-23(26)25(27)11-12-28(27,2)32/h2-7,15,17,19,26-28H,8-14,16,18H2,1H3;2-5,11,14,16,18,25-27H,6-10,12-13,15,17H2,1H3;3-4,6-7,14-15,17,19,26-28H,1,5,8-13,16,18H2,2H3;3-4,6-7,13-15,17,23-25,32H,5,8-12,16H2,1-2H3/t26?,27-,28?,32+,33?;25?,26-,27?,31+,32?;26?,27-,28?,30+,31?;23?,24-,25?,27+,28+/m1111/s1. The number of hydrogen-bond donors (Lipinski definition) is 1. The van der Waals surface area contributed by atoms with E-state index in [9.17, 15) is 41.8 Å². The summed E-state index contributed by atoms with van der Waals surface area (Å²) in [6.07, 6.45) is 49.7. The molecule has 18 heteroatoms. The number of carbonyl (C=O) groups excluding carboxylic acids is 4. The molecule has 142 heavy (non-hydrogen) atoms. The van der Waals surface area contributed by atoms with Crippen LogP contribution in [0.3, 0.4) is 0 Å². The third kappa shape index (κ3) is 14.9. The normalized spacial score (nSPS) is 35.4. The van der Waals surface area contributed by atoms with Gasteiger partial charge < -0.3 is 32.9 Å². The van der Waals surface area contributed by atoms with Crippen LogP contribution < -0.4 is 0 Å². The first-order chi connectivity index (χ1) is 68.7. The van der Waals surface area contributed by atoms with Crippen LogP contribution in [0.4, 0.5) is 17.6 Å². The zero-order chi connectivity index (χ0) is 97.3. The van der Waals surface area contributed by atoms with Gasteiger partial charge in [0.05, 0.1) is 56.2 Å². The van der Waals surface area contributed by atoms with Gasteiger partial charge in [0.2, 0.25) is 0 Å². The van der Waals surface area contributed by atoms with Gasteiger partial charge in [0.1, 0.15) is 11.2 Å². The molecule has 19 aliphatic rings. The highest BCUT2D eigenvalue weighted by Gasteiger charge is 2.71. The van der Waals surface area contributed by atoms with E-state index < -0.39 is 29.0 Å². The maximum atomic E-state index is 14.3. The van der Waals surface area contributed by atoms with Crippen molar-refractivity contribution in [3.8, 4) is 33.6 Å². The number of aliphatic hydroxyl groups is 1. The summed E-state index contributed by atoms with van der Waals surface area (Å²) in [5.41, 5.74) is 27.3. The highest BCUT2D eigenvalue weighted by Crippen LogP contribution is 2.76. The van der Waals surface area contributed by atoms with Crippen LogP contribution in [0.5, 0.6) is 0 Å². The van der Waals surface area contributed by atoms with Gasteiger partial charge in [0.25, 0.3) is 12.2 Å². The van der Waals surface area contributed by atoms with E-state index in [1.807, 2.05) is 78.4 Å². The first-order valence-corrected chi connectivity index (χ1v) is 53.3. The lowest BCUT2D eigenvalue weighted by molar-refractivity contribution is -0.115. The fourth-order valence-electron chi connectivity index (χ4n) is 34.0. The smallest absolute Gasteiger partial charge is 0.272 e. The van der Waals surface area contributed by atoms with Gasteiger partial charge in [-0.05, 0) is 365 Å². The molecule has 11 unspecified atom stereocenters. The third-order valence-corrected chi connectivity index (χ3v) is 40.7. The first kappa shape index (κ1) is 93.5. The second-order valence-corrected chi connectivity index (χ2v) is 46.4. The minimum atomic E-state index is -1.54. The number of imidazole rings is 2. The molecule has 3 aliphatic heterocycles. The lowest BCUT2D eigenvalue weighted by atomic mass is 9.50. The molecule has 27 rings (SSSR count). The van der Waals surface area contributed by atoms with Crippen molar-refractivity contribution in [2.45, 2.75) is 280 Å². The van der Waals surface area contributed by atoms with E-state index in [0.29, 0.717) is 130 Å². The molecular weight excluding hydrogens is 1780 g/mol.